The molecule has 0 aliphatic carbocycles. The standard InChI is InChI=1S/C32H70N2/c1-7-13-19-25-33(26-20-14-8-2,27-21-15-9-3)31-32-34(28-22-16-10-4,29-23-17-11-5)30-24-18-12-6/h7-32H2,1-6H3/q+2. The van der Waals surface area contributed by atoms with Gasteiger partial charge < -0.3 is 8.97 Å². The fourth-order valence-corrected chi connectivity index (χ4v) is 5.95. The third-order valence-corrected chi connectivity index (χ3v) is 8.46. The Kier molecular flexibility index (Phi) is 23.3. The van der Waals surface area contributed by atoms with Gasteiger partial charge in [-0.2, -0.15) is 0 Å². The maximum absolute atomic E-state index is 2.37. The van der Waals surface area contributed by atoms with Crippen LogP contribution in [-0.4, -0.2) is 61.3 Å². The SMILES string of the molecule is CCCCC[N+](CCCCC)(CCCCC)CC[N+](CCCCC)(CCCCC)CCCCC. The Bertz CT molecular complexity index is 315. The quantitative estimate of drug-likeness (QED) is 0.0807. The Morgan fingerprint density at radius 2 is 0.412 bits per heavy atom. The molecular formula is C32H70N2+2. The molecule has 0 saturated heterocycles. The Morgan fingerprint density at radius 1 is 0.235 bits per heavy atom. The molecule has 0 aromatic rings. The maximum Gasteiger partial charge on any atom is 0.128 e. The van der Waals surface area contributed by atoms with E-state index in [1.165, 1.54) is 177 Å². The molecule has 0 heterocycles. The average molecular weight is 483 g/mol. The van der Waals surface area contributed by atoms with Gasteiger partial charge in [0, 0.05) is 0 Å². The summed E-state index contributed by atoms with van der Waals surface area (Å²) >= 11 is 0. The highest BCUT2D eigenvalue weighted by Crippen LogP contribution is 2.22. The lowest BCUT2D eigenvalue weighted by atomic mass is 10.1. The van der Waals surface area contributed by atoms with Crippen molar-refractivity contribution in [2.24, 2.45) is 0 Å². The van der Waals surface area contributed by atoms with Crippen LogP contribution < -0.4 is 0 Å². The van der Waals surface area contributed by atoms with E-state index in [0.717, 1.165) is 0 Å². The molecule has 2 heteroatoms. The van der Waals surface area contributed by atoms with Crippen LogP contribution in [0.2, 0.25) is 0 Å². The highest BCUT2D eigenvalue weighted by atomic mass is 15.4. The summed E-state index contributed by atoms with van der Waals surface area (Å²) < 4.78 is 2.88. The molecule has 0 aromatic carbocycles. The first-order valence-corrected chi connectivity index (χ1v) is 16.3. The first kappa shape index (κ1) is 33.9. The van der Waals surface area contributed by atoms with Crippen molar-refractivity contribution in [3.05, 3.63) is 0 Å². The molecule has 0 fully saturated rings. The summed E-state index contributed by atoms with van der Waals surface area (Å²) in [6.45, 7) is 25.8. The van der Waals surface area contributed by atoms with E-state index in [-0.39, 0.29) is 0 Å². The minimum absolute atomic E-state index is 1.36. The smallest absolute Gasteiger partial charge is 0.128 e. The van der Waals surface area contributed by atoms with E-state index in [9.17, 15) is 0 Å². The lowest BCUT2D eigenvalue weighted by Crippen LogP contribution is -2.59. The van der Waals surface area contributed by atoms with E-state index in [2.05, 4.69) is 41.5 Å². The molecule has 34 heavy (non-hydrogen) atoms. The molecule has 0 aliphatic rings. The Morgan fingerprint density at radius 3 is 0.559 bits per heavy atom. The molecule has 0 atom stereocenters. The first-order chi connectivity index (χ1) is 16.6. The van der Waals surface area contributed by atoms with Crippen molar-refractivity contribution in [3.8, 4) is 0 Å². The third kappa shape index (κ3) is 16.6. The van der Waals surface area contributed by atoms with Gasteiger partial charge in [-0.3, -0.25) is 0 Å². The lowest BCUT2D eigenvalue weighted by molar-refractivity contribution is -0.981. The molecule has 0 radical (unpaired) electrons. The van der Waals surface area contributed by atoms with Crippen LogP contribution in [0.25, 0.3) is 0 Å². The number of nitrogens with zero attached hydrogens (tertiary/aromatic N) is 2. The van der Waals surface area contributed by atoms with Crippen molar-refractivity contribution in [1.29, 1.82) is 0 Å². The Labute approximate surface area is 218 Å². The van der Waals surface area contributed by atoms with Gasteiger partial charge in [0.2, 0.25) is 0 Å². The molecule has 0 aliphatic heterocycles. The van der Waals surface area contributed by atoms with Gasteiger partial charge in [0.25, 0.3) is 0 Å². The monoisotopic (exact) mass is 483 g/mol. The fraction of sp³-hybridized carbons (Fsp3) is 1.00. The van der Waals surface area contributed by atoms with Gasteiger partial charge in [0.05, 0.1) is 39.3 Å². The van der Waals surface area contributed by atoms with Crippen LogP contribution in [0.3, 0.4) is 0 Å². The molecule has 0 amide bonds. The molecule has 0 unspecified atom stereocenters. The normalized spacial score (nSPS) is 12.5. The number of hydrogen-bond donors (Lipinski definition) is 0. The van der Waals surface area contributed by atoms with Gasteiger partial charge in [-0.1, -0.05) is 80.1 Å². The number of quaternary nitrogens is 2. The van der Waals surface area contributed by atoms with Crippen molar-refractivity contribution < 1.29 is 8.97 Å². The second-order valence-corrected chi connectivity index (χ2v) is 11.7. The van der Waals surface area contributed by atoms with Crippen molar-refractivity contribution in [2.45, 2.75) is 157 Å². The van der Waals surface area contributed by atoms with E-state index in [1.54, 1.807) is 0 Å². The van der Waals surface area contributed by atoms with Crippen molar-refractivity contribution in [2.75, 3.05) is 52.4 Å². The molecule has 0 rings (SSSR count). The predicted molar refractivity (Wildman–Crippen MR) is 157 cm³/mol. The average Bonchev–Trinajstić information content (AvgIpc) is 2.83. The third-order valence-electron chi connectivity index (χ3n) is 8.46. The molecule has 206 valence electrons. The number of rotatable bonds is 27. The van der Waals surface area contributed by atoms with Gasteiger partial charge in [-0.15, -0.1) is 0 Å². The fourth-order valence-electron chi connectivity index (χ4n) is 5.95. The molecular weight excluding hydrogens is 412 g/mol. The molecule has 0 spiro atoms. The van der Waals surface area contributed by atoms with E-state index in [0.29, 0.717) is 0 Å². The zero-order chi connectivity index (χ0) is 25.4. The van der Waals surface area contributed by atoms with Crippen LogP contribution in [0.15, 0.2) is 0 Å². The zero-order valence-electron chi connectivity index (χ0n) is 25.3. The summed E-state index contributed by atoms with van der Waals surface area (Å²) in [6.07, 6.45) is 25.3. The van der Waals surface area contributed by atoms with Gasteiger partial charge in [0.1, 0.15) is 13.1 Å². The summed E-state index contributed by atoms with van der Waals surface area (Å²) in [5, 5.41) is 0. The van der Waals surface area contributed by atoms with Gasteiger partial charge in [0.15, 0.2) is 0 Å². The van der Waals surface area contributed by atoms with Crippen molar-refractivity contribution in [3.63, 3.8) is 0 Å². The molecule has 0 bridgehead atoms. The van der Waals surface area contributed by atoms with Gasteiger partial charge in [-0.25, -0.2) is 0 Å². The second kappa shape index (κ2) is 23.3. The van der Waals surface area contributed by atoms with E-state index in [4.69, 9.17) is 0 Å². The molecule has 0 saturated carbocycles. The van der Waals surface area contributed by atoms with Gasteiger partial charge >= 0.3 is 0 Å². The summed E-state index contributed by atoms with van der Waals surface area (Å²) in [4.78, 5) is 0. The summed E-state index contributed by atoms with van der Waals surface area (Å²) in [5.41, 5.74) is 0. The predicted octanol–water partition coefficient (Wildman–Crippen LogP) is 9.76. The molecule has 2 nitrogen and oxygen atoms in total. The van der Waals surface area contributed by atoms with Crippen LogP contribution in [0.1, 0.15) is 157 Å². The Balaban J connectivity index is 5.69. The summed E-state index contributed by atoms with van der Waals surface area (Å²) in [5.74, 6) is 0. The van der Waals surface area contributed by atoms with Crippen LogP contribution in [0, 0.1) is 0 Å². The van der Waals surface area contributed by atoms with E-state index in [1.807, 2.05) is 0 Å². The van der Waals surface area contributed by atoms with Crippen molar-refractivity contribution in [1.82, 2.24) is 0 Å². The minimum Gasteiger partial charge on any atom is -0.319 e. The van der Waals surface area contributed by atoms with Crippen LogP contribution in [0.4, 0.5) is 0 Å². The van der Waals surface area contributed by atoms with Crippen LogP contribution >= 0.6 is 0 Å². The molecule has 0 N–H and O–H groups in total. The topological polar surface area (TPSA) is 0 Å². The van der Waals surface area contributed by atoms with Crippen LogP contribution in [0.5, 0.6) is 0 Å². The van der Waals surface area contributed by atoms with E-state index >= 15 is 0 Å². The molecule has 0 aromatic heterocycles. The number of unbranched alkanes of at least 4 members (excludes halogenated alkanes) is 12. The second-order valence-electron chi connectivity index (χ2n) is 11.7. The zero-order valence-corrected chi connectivity index (χ0v) is 25.3. The first-order valence-electron chi connectivity index (χ1n) is 16.3. The van der Waals surface area contributed by atoms with Gasteiger partial charge in [-0.05, 0) is 77.0 Å². The lowest BCUT2D eigenvalue weighted by Gasteiger charge is -2.45. The highest BCUT2D eigenvalue weighted by molar-refractivity contribution is 4.55. The van der Waals surface area contributed by atoms with Crippen molar-refractivity contribution >= 4 is 0 Å². The Hall–Kier alpha value is -0.0800. The largest absolute Gasteiger partial charge is 0.319 e. The minimum atomic E-state index is 1.36. The number of hydrogen-bond acceptors (Lipinski definition) is 0. The maximum atomic E-state index is 2.37. The summed E-state index contributed by atoms with van der Waals surface area (Å²) in [7, 11) is 0. The van der Waals surface area contributed by atoms with Crippen LogP contribution in [-0.2, 0) is 0 Å². The van der Waals surface area contributed by atoms with E-state index < -0.39 is 0 Å². The summed E-state index contributed by atoms with van der Waals surface area (Å²) in [6, 6.07) is 0. The highest BCUT2D eigenvalue weighted by Gasteiger charge is 2.33.